The third-order valence-electron chi connectivity index (χ3n) is 2.76. The summed E-state index contributed by atoms with van der Waals surface area (Å²) in [6.07, 6.45) is 3.10. The fourth-order valence-corrected chi connectivity index (χ4v) is 1.72. The maximum absolute atomic E-state index is 13.0. The van der Waals surface area contributed by atoms with E-state index in [0.717, 1.165) is 0 Å². The van der Waals surface area contributed by atoms with Crippen LogP contribution in [0, 0.1) is 5.82 Å². The molecule has 4 nitrogen and oxygen atoms in total. The molecule has 96 valence electrons. The van der Waals surface area contributed by atoms with Gasteiger partial charge in [0.2, 0.25) is 5.91 Å². The molecule has 1 aromatic carbocycles. The fourth-order valence-electron chi connectivity index (χ4n) is 1.72. The molecule has 0 atom stereocenters. The molecule has 1 saturated heterocycles. The summed E-state index contributed by atoms with van der Waals surface area (Å²) in [5.74, 6) is -0.521. The quantitative estimate of drug-likeness (QED) is 0.635. The first-order valence-electron chi connectivity index (χ1n) is 5.76. The highest BCUT2D eigenvalue weighted by Gasteiger charge is 2.13. The van der Waals surface area contributed by atoms with E-state index in [1.165, 1.54) is 18.2 Å². The molecule has 0 aliphatic carbocycles. The molecule has 1 aliphatic heterocycles. The number of nitrogens with two attached hydrogens (primary N) is 1. The Bertz CT molecular complexity index is 468. The third kappa shape index (κ3) is 3.07. The minimum absolute atomic E-state index is 0.0683. The molecule has 18 heavy (non-hydrogen) atoms. The number of morpholine rings is 1. The molecule has 1 heterocycles. The predicted molar refractivity (Wildman–Crippen MR) is 67.2 cm³/mol. The summed E-state index contributed by atoms with van der Waals surface area (Å²) in [7, 11) is 0. The van der Waals surface area contributed by atoms with E-state index < -0.39 is 5.82 Å². The third-order valence-corrected chi connectivity index (χ3v) is 2.76. The standard InChI is InChI=1S/C13H15FN2O2/c14-11-3-1-10(9-12(11)15)2-4-13(17)16-5-7-18-8-6-16/h1-4,9H,5-8,15H2/b4-2+. The zero-order chi connectivity index (χ0) is 13.0. The SMILES string of the molecule is Nc1cc(/C=C/C(=O)N2CCOCC2)ccc1F. The van der Waals surface area contributed by atoms with Gasteiger partial charge in [0, 0.05) is 19.2 Å². The normalized spacial score (nSPS) is 16.2. The van der Waals surface area contributed by atoms with Crippen molar-refractivity contribution in [1.29, 1.82) is 0 Å². The maximum atomic E-state index is 13.0. The van der Waals surface area contributed by atoms with E-state index in [-0.39, 0.29) is 11.6 Å². The van der Waals surface area contributed by atoms with Crippen LogP contribution in [-0.4, -0.2) is 37.1 Å². The molecule has 0 bridgehead atoms. The lowest BCUT2D eigenvalue weighted by Crippen LogP contribution is -2.39. The molecular weight excluding hydrogens is 235 g/mol. The molecule has 0 saturated carbocycles. The molecule has 1 aromatic rings. The number of amides is 1. The highest BCUT2D eigenvalue weighted by atomic mass is 19.1. The first-order valence-corrected chi connectivity index (χ1v) is 5.76. The van der Waals surface area contributed by atoms with Gasteiger partial charge in [-0.05, 0) is 23.8 Å². The van der Waals surface area contributed by atoms with Crippen LogP contribution in [0.3, 0.4) is 0 Å². The number of benzene rings is 1. The Hall–Kier alpha value is -1.88. The number of carbonyl (C=O) groups excluding carboxylic acids is 1. The summed E-state index contributed by atoms with van der Waals surface area (Å²) in [4.78, 5) is 13.5. The Kier molecular flexibility index (Phi) is 3.94. The van der Waals surface area contributed by atoms with Crippen LogP contribution in [0.15, 0.2) is 24.3 Å². The number of nitrogen functional groups attached to an aromatic ring is 1. The number of anilines is 1. The van der Waals surface area contributed by atoms with Crippen LogP contribution in [0.1, 0.15) is 5.56 Å². The maximum Gasteiger partial charge on any atom is 0.246 e. The highest BCUT2D eigenvalue weighted by molar-refractivity contribution is 5.91. The van der Waals surface area contributed by atoms with E-state index >= 15 is 0 Å². The molecule has 1 amide bonds. The largest absolute Gasteiger partial charge is 0.396 e. The number of rotatable bonds is 2. The smallest absolute Gasteiger partial charge is 0.246 e. The van der Waals surface area contributed by atoms with Crippen molar-refractivity contribution in [3.8, 4) is 0 Å². The fraction of sp³-hybridized carbons (Fsp3) is 0.308. The van der Waals surface area contributed by atoms with Crippen molar-refractivity contribution >= 4 is 17.7 Å². The lowest BCUT2D eigenvalue weighted by molar-refractivity contribution is -0.129. The van der Waals surface area contributed by atoms with Crippen LogP contribution in [0.25, 0.3) is 6.08 Å². The number of halogens is 1. The molecular formula is C13H15FN2O2. The van der Waals surface area contributed by atoms with Gasteiger partial charge in [0.15, 0.2) is 0 Å². The minimum atomic E-state index is -0.452. The minimum Gasteiger partial charge on any atom is -0.396 e. The lowest BCUT2D eigenvalue weighted by atomic mass is 10.2. The predicted octanol–water partition coefficient (Wildman–Crippen LogP) is 1.28. The molecule has 1 aliphatic rings. The van der Waals surface area contributed by atoms with Crippen LogP contribution < -0.4 is 5.73 Å². The van der Waals surface area contributed by atoms with E-state index in [4.69, 9.17) is 10.5 Å². The van der Waals surface area contributed by atoms with Crippen LogP contribution in [0.5, 0.6) is 0 Å². The van der Waals surface area contributed by atoms with Gasteiger partial charge in [-0.15, -0.1) is 0 Å². The van der Waals surface area contributed by atoms with Crippen LogP contribution in [0.4, 0.5) is 10.1 Å². The van der Waals surface area contributed by atoms with Crippen LogP contribution in [0.2, 0.25) is 0 Å². The van der Waals surface area contributed by atoms with Crippen molar-refractivity contribution in [3.63, 3.8) is 0 Å². The summed E-state index contributed by atoms with van der Waals surface area (Å²) in [5, 5.41) is 0. The van der Waals surface area contributed by atoms with Gasteiger partial charge in [-0.1, -0.05) is 6.07 Å². The second kappa shape index (κ2) is 5.64. The van der Waals surface area contributed by atoms with Crippen LogP contribution >= 0.6 is 0 Å². The van der Waals surface area contributed by atoms with Crippen molar-refractivity contribution in [3.05, 3.63) is 35.7 Å². The van der Waals surface area contributed by atoms with Crippen molar-refractivity contribution in [1.82, 2.24) is 4.90 Å². The molecule has 2 N–H and O–H groups in total. The van der Waals surface area contributed by atoms with Crippen molar-refractivity contribution in [2.75, 3.05) is 32.0 Å². The van der Waals surface area contributed by atoms with Gasteiger partial charge in [-0.3, -0.25) is 4.79 Å². The lowest BCUT2D eigenvalue weighted by Gasteiger charge is -2.25. The molecule has 5 heteroatoms. The average molecular weight is 250 g/mol. The second-order valence-corrected chi connectivity index (χ2v) is 4.05. The molecule has 0 radical (unpaired) electrons. The summed E-state index contributed by atoms with van der Waals surface area (Å²) >= 11 is 0. The van der Waals surface area contributed by atoms with Crippen molar-refractivity contribution in [2.45, 2.75) is 0 Å². The molecule has 1 fully saturated rings. The van der Waals surface area contributed by atoms with E-state index in [2.05, 4.69) is 0 Å². The number of ether oxygens (including phenoxy) is 1. The Balaban J connectivity index is 2.01. The Morgan fingerprint density at radius 2 is 2.11 bits per heavy atom. The zero-order valence-electron chi connectivity index (χ0n) is 9.93. The summed E-state index contributed by atoms with van der Waals surface area (Å²) in [5.41, 5.74) is 6.23. The van der Waals surface area contributed by atoms with Gasteiger partial charge >= 0.3 is 0 Å². The van der Waals surface area contributed by atoms with Gasteiger partial charge in [0.1, 0.15) is 5.82 Å². The number of carbonyl (C=O) groups is 1. The summed E-state index contributed by atoms with van der Waals surface area (Å²) in [6, 6.07) is 4.36. The molecule has 0 spiro atoms. The van der Waals surface area contributed by atoms with Crippen molar-refractivity contribution < 1.29 is 13.9 Å². The van der Waals surface area contributed by atoms with Gasteiger partial charge in [-0.25, -0.2) is 4.39 Å². The van der Waals surface area contributed by atoms with E-state index in [1.54, 1.807) is 17.0 Å². The van der Waals surface area contributed by atoms with Crippen molar-refractivity contribution in [2.24, 2.45) is 0 Å². The number of hydrogen-bond donors (Lipinski definition) is 1. The Labute approximate surface area is 105 Å². The summed E-state index contributed by atoms with van der Waals surface area (Å²) in [6.45, 7) is 2.36. The Morgan fingerprint density at radius 3 is 2.78 bits per heavy atom. The summed E-state index contributed by atoms with van der Waals surface area (Å²) < 4.78 is 18.1. The highest BCUT2D eigenvalue weighted by Crippen LogP contribution is 2.13. The van der Waals surface area contributed by atoms with Gasteiger partial charge in [-0.2, -0.15) is 0 Å². The van der Waals surface area contributed by atoms with E-state index in [0.29, 0.717) is 31.9 Å². The first kappa shape index (κ1) is 12.6. The van der Waals surface area contributed by atoms with E-state index in [1.807, 2.05) is 0 Å². The van der Waals surface area contributed by atoms with Gasteiger partial charge in [0.25, 0.3) is 0 Å². The number of hydrogen-bond acceptors (Lipinski definition) is 3. The average Bonchev–Trinajstić information content (AvgIpc) is 2.41. The van der Waals surface area contributed by atoms with Gasteiger partial charge < -0.3 is 15.4 Å². The molecule has 0 unspecified atom stereocenters. The second-order valence-electron chi connectivity index (χ2n) is 4.05. The number of nitrogens with zero attached hydrogens (tertiary/aromatic N) is 1. The first-order chi connectivity index (χ1) is 8.66. The molecule has 2 rings (SSSR count). The topological polar surface area (TPSA) is 55.6 Å². The van der Waals surface area contributed by atoms with Crippen LogP contribution in [-0.2, 0) is 9.53 Å². The molecule has 0 aromatic heterocycles. The zero-order valence-corrected chi connectivity index (χ0v) is 9.93. The van der Waals surface area contributed by atoms with E-state index in [9.17, 15) is 9.18 Å². The monoisotopic (exact) mass is 250 g/mol. The van der Waals surface area contributed by atoms with Gasteiger partial charge in [0.05, 0.1) is 18.9 Å². The Morgan fingerprint density at radius 1 is 1.39 bits per heavy atom.